The zero-order valence-corrected chi connectivity index (χ0v) is 12.8. The van der Waals surface area contributed by atoms with Gasteiger partial charge in [-0.1, -0.05) is 36.4 Å². The average molecular weight is 299 g/mol. The van der Waals surface area contributed by atoms with Crippen molar-refractivity contribution in [2.75, 3.05) is 6.54 Å². The Kier molecular flexibility index (Phi) is 4.27. The van der Waals surface area contributed by atoms with Gasteiger partial charge < -0.3 is 10.4 Å². The van der Waals surface area contributed by atoms with Crippen LogP contribution in [0.2, 0.25) is 0 Å². The summed E-state index contributed by atoms with van der Waals surface area (Å²) in [5.41, 5.74) is 3.28. The van der Waals surface area contributed by atoms with Crippen molar-refractivity contribution in [2.45, 2.75) is 37.8 Å². The first-order chi connectivity index (χ1) is 10.6. The Morgan fingerprint density at radius 1 is 1.18 bits per heavy atom. The second-order valence-corrected chi connectivity index (χ2v) is 6.30. The van der Waals surface area contributed by atoms with Gasteiger partial charge in [-0.3, -0.25) is 0 Å². The van der Waals surface area contributed by atoms with Crippen LogP contribution in [0.3, 0.4) is 0 Å². The van der Waals surface area contributed by atoms with Crippen molar-refractivity contribution in [3.05, 3.63) is 71.0 Å². The van der Waals surface area contributed by atoms with E-state index in [1.54, 1.807) is 12.1 Å². The van der Waals surface area contributed by atoms with E-state index >= 15 is 0 Å². The molecule has 1 fully saturated rings. The molecule has 0 bridgehead atoms. The summed E-state index contributed by atoms with van der Waals surface area (Å²) in [5, 5.41) is 12.8. The van der Waals surface area contributed by atoms with E-state index in [9.17, 15) is 9.50 Å². The number of hydrogen-bond acceptors (Lipinski definition) is 2. The highest BCUT2D eigenvalue weighted by Crippen LogP contribution is 2.48. The smallest absolute Gasteiger partial charge is 0.123 e. The number of benzene rings is 2. The molecule has 3 rings (SSSR count). The van der Waals surface area contributed by atoms with Crippen LogP contribution in [-0.4, -0.2) is 11.7 Å². The molecule has 22 heavy (non-hydrogen) atoms. The topological polar surface area (TPSA) is 32.3 Å². The molecule has 0 aliphatic heterocycles. The molecular weight excluding hydrogens is 277 g/mol. The molecule has 3 heteroatoms. The van der Waals surface area contributed by atoms with Crippen LogP contribution in [0.4, 0.5) is 4.39 Å². The monoisotopic (exact) mass is 299 g/mol. The molecule has 0 heterocycles. The Morgan fingerprint density at radius 2 is 1.95 bits per heavy atom. The minimum absolute atomic E-state index is 0.0633. The Bertz CT molecular complexity index is 651. The van der Waals surface area contributed by atoms with Crippen molar-refractivity contribution >= 4 is 0 Å². The van der Waals surface area contributed by atoms with E-state index in [0.717, 1.165) is 30.5 Å². The lowest BCUT2D eigenvalue weighted by Crippen LogP contribution is -2.29. The van der Waals surface area contributed by atoms with Crippen LogP contribution in [0.25, 0.3) is 0 Å². The molecule has 2 N–H and O–H groups in total. The largest absolute Gasteiger partial charge is 0.392 e. The minimum atomic E-state index is -0.160. The maximum atomic E-state index is 13.4. The summed E-state index contributed by atoms with van der Waals surface area (Å²) in [5.74, 6) is -0.160. The highest BCUT2D eigenvalue weighted by molar-refractivity contribution is 5.33. The lowest BCUT2D eigenvalue weighted by molar-refractivity contribution is 0.281. The lowest BCUT2D eigenvalue weighted by atomic mass is 9.95. The molecule has 2 aromatic carbocycles. The molecule has 0 aromatic heterocycles. The molecule has 1 atom stereocenters. The first-order valence-corrected chi connectivity index (χ1v) is 7.82. The summed E-state index contributed by atoms with van der Waals surface area (Å²) in [6.45, 7) is 3.03. The van der Waals surface area contributed by atoms with Gasteiger partial charge in [0.1, 0.15) is 5.82 Å². The van der Waals surface area contributed by atoms with Gasteiger partial charge in [0.15, 0.2) is 0 Å². The van der Waals surface area contributed by atoms with Gasteiger partial charge in [0.05, 0.1) is 6.61 Å². The SMILES string of the molecule is CC(NCC1(c2cccc(F)c2)CC1)c1cccc(CO)c1. The van der Waals surface area contributed by atoms with Crippen molar-refractivity contribution in [3.8, 4) is 0 Å². The van der Waals surface area contributed by atoms with Crippen LogP contribution >= 0.6 is 0 Å². The van der Waals surface area contributed by atoms with Crippen molar-refractivity contribution < 1.29 is 9.50 Å². The third-order valence-corrected chi connectivity index (χ3v) is 4.67. The molecule has 2 nitrogen and oxygen atoms in total. The van der Waals surface area contributed by atoms with Gasteiger partial charge in [0.25, 0.3) is 0 Å². The highest BCUT2D eigenvalue weighted by Gasteiger charge is 2.44. The van der Waals surface area contributed by atoms with Gasteiger partial charge in [0.2, 0.25) is 0 Å². The Labute approximate surface area is 131 Å². The van der Waals surface area contributed by atoms with Gasteiger partial charge in [-0.25, -0.2) is 4.39 Å². The summed E-state index contributed by atoms with van der Waals surface area (Å²) in [7, 11) is 0. The number of rotatable bonds is 6. The quantitative estimate of drug-likeness (QED) is 0.852. The van der Waals surface area contributed by atoms with Crippen LogP contribution < -0.4 is 5.32 Å². The van der Waals surface area contributed by atoms with Gasteiger partial charge in [0, 0.05) is 18.0 Å². The normalized spacial score (nSPS) is 17.2. The molecule has 1 saturated carbocycles. The predicted octanol–water partition coefficient (Wildman–Crippen LogP) is 3.70. The van der Waals surface area contributed by atoms with Gasteiger partial charge in [-0.05, 0) is 48.6 Å². The summed E-state index contributed by atoms with van der Waals surface area (Å²) < 4.78 is 13.4. The molecular formula is C19H22FNO. The van der Waals surface area contributed by atoms with Crippen LogP contribution in [-0.2, 0) is 12.0 Å². The number of nitrogens with one attached hydrogen (secondary N) is 1. The molecule has 1 aliphatic rings. The number of aliphatic hydroxyl groups is 1. The molecule has 1 unspecified atom stereocenters. The summed E-state index contributed by atoms with van der Waals surface area (Å²) in [6.07, 6.45) is 2.21. The second-order valence-electron chi connectivity index (χ2n) is 6.30. The molecule has 1 aliphatic carbocycles. The van der Waals surface area contributed by atoms with Crippen molar-refractivity contribution in [1.29, 1.82) is 0 Å². The van der Waals surface area contributed by atoms with E-state index in [1.165, 1.54) is 11.6 Å². The van der Waals surface area contributed by atoms with E-state index in [-0.39, 0.29) is 23.9 Å². The molecule has 116 valence electrons. The predicted molar refractivity (Wildman–Crippen MR) is 86.1 cm³/mol. The third kappa shape index (κ3) is 3.21. The van der Waals surface area contributed by atoms with Gasteiger partial charge in [-0.2, -0.15) is 0 Å². The van der Waals surface area contributed by atoms with E-state index in [4.69, 9.17) is 0 Å². The van der Waals surface area contributed by atoms with Gasteiger partial charge >= 0.3 is 0 Å². The number of aliphatic hydroxyl groups excluding tert-OH is 1. The maximum Gasteiger partial charge on any atom is 0.123 e. The molecule has 0 spiro atoms. The van der Waals surface area contributed by atoms with Crippen molar-refractivity contribution in [2.24, 2.45) is 0 Å². The molecule has 0 saturated heterocycles. The maximum absolute atomic E-state index is 13.4. The third-order valence-electron chi connectivity index (χ3n) is 4.67. The van der Waals surface area contributed by atoms with E-state index < -0.39 is 0 Å². The zero-order valence-electron chi connectivity index (χ0n) is 12.8. The zero-order chi connectivity index (χ0) is 15.6. The van der Waals surface area contributed by atoms with E-state index in [2.05, 4.69) is 18.3 Å². The fraction of sp³-hybridized carbons (Fsp3) is 0.368. The van der Waals surface area contributed by atoms with E-state index in [0.29, 0.717) is 0 Å². The summed E-state index contributed by atoms with van der Waals surface area (Å²) in [4.78, 5) is 0. The van der Waals surface area contributed by atoms with Crippen LogP contribution in [0, 0.1) is 5.82 Å². The minimum Gasteiger partial charge on any atom is -0.392 e. The standard InChI is InChI=1S/C19H22FNO/c1-14(16-5-2-4-15(10-16)12-22)21-13-19(8-9-19)17-6-3-7-18(20)11-17/h2-7,10-11,14,21-22H,8-9,12-13H2,1H3. The Hall–Kier alpha value is -1.71. The fourth-order valence-electron chi connectivity index (χ4n) is 2.96. The first-order valence-electron chi connectivity index (χ1n) is 7.82. The first kappa shape index (κ1) is 15.2. The van der Waals surface area contributed by atoms with Crippen LogP contribution in [0.15, 0.2) is 48.5 Å². The fourth-order valence-corrected chi connectivity index (χ4v) is 2.96. The Balaban J connectivity index is 1.67. The average Bonchev–Trinajstić information content (AvgIpc) is 3.34. The second kappa shape index (κ2) is 6.19. The number of hydrogen-bond donors (Lipinski definition) is 2. The van der Waals surface area contributed by atoms with Gasteiger partial charge in [-0.15, -0.1) is 0 Å². The molecule has 0 radical (unpaired) electrons. The van der Waals surface area contributed by atoms with Crippen molar-refractivity contribution in [3.63, 3.8) is 0 Å². The van der Waals surface area contributed by atoms with Crippen LogP contribution in [0.1, 0.15) is 42.5 Å². The lowest BCUT2D eigenvalue weighted by Gasteiger charge is -2.21. The molecule has 2 aromatic rings. The van der Waals surface area contributed by atoms with E-state index in [1.807, 2.05) is 24.3 Å². The summed E-state index contributed by atoms with van der Waals surface area (Å²) in [6, 6.07) is 15.2. The summed E-state index contributed by atoms with van der Waals surface area (Å²) >= 11 is 0. The van der Waals surface area contributed by atoms with Crippen LogP contribution in [0.5, 0.6) is 0 Å². The Morgan fingerprint density at radius 3 is 2.64 bits per heavy atom. The number of halogens is 1. The van der Waals surface area contributed by atoms with Crippen molar-refractivity contribution in [1.82, 2.24) is 5.32 Å². The molecule has 0 amide bonds. The highest BCUT2D eigenvalue weighted by atomic mass is 19.1.